The van der Waals surface area contributed by atoms with Crippen LogP contribution < -0.4 is 5.73 Å². The van der Waals surface area contributed by atoms with Crippen molar-refractivity contribution in [2.45, 2.75) is 52.2 Å². The zero-order chi connectivity index (χ0) is 13.1. The maximum Gasteiger partial charge on any atom is 0.0805 e. The topological polar surface area (TPSA) is 53.1 Å². The molecular formula is C13H25N3O. The van der Waals surface area contributed by atoms with E-state index in [1.54, 1.807) is 0 Å². The maximum atomic E-state index is 6.29. The lowest BCUT2D eigenvalue weighted by Crippen LogP contribution is -2.49. The summed E-state index contributed by atoms with van der Waals surface area (Å²) in [5, 5.41) is 4.34. The van der Waals surface area contributed by atoms with Gasteiger partial charge in [-0.25, -0.2) is 0 Å². The molecule has 0 aliphatic heterocycles. The van der Waals surface area contributed by atoms with Crippen LogP contribution in [0.2, 0.25) is 0 Å². The van der Waals surface area contributed by atoms with E-state index in [9.17, 15) is 0 Å². The highest BCUT2D eigenvalue weighted by molar-refractivity contribution is 5.11. The SMILES string of the molecule is CCOC(C)(CC)C(N)Cc1cc(C)nn1C. The highest BCUT2D eigenvalue weighted by atomic mass is 16.5. The van der Waals surface area contributed by atoms with E-state index >= 15 is 0 Å². The molecule has 1 rings (SSSR count). The Bertz CT molecular complexity index is 362. The van der Waals surface area contributed by atoms with Crippen molar-refractivity contribution in [2.75, 3.05) is 6.61 Å². The number of aromatic nitrogens is 2. The molecule has 0 bridgehead atoms. The van der Waals surface area contributed by atoms with Crippen LogP contribution in [0, 0.1) is 6.92 Å². The van der Waals surface area contributed by atoms with Gasteiger partial charge < -0.3 is 10.5 Å². The van der Waals surface area contributed by atoms with Crippen LogP contribution in [0.15, 0.2) is 6.07 Å². The van der Waals surface area contributed by atoms with Crippen LogP contribution in [0.1, 0.15) is 38.6 Å². The number of hydrogen-bond donors (Lipinski definition) is 1. The molecule has 0 radical (unpaired) electrons. The Balaban J connectivity index is 2.76. The molecule has 98 valence electrons. The van der Waals surface area contributed by atoms with Crippen LogP contribution in [0.5, 0.6) is 0 Å². The number of hydrogen-bond acceptors (Lipinski definition) is 3. The number of rotatable bonds is 6. The van der Waals surface area contributed by atoms with Gasteiger partial charge in [-0.15, -0.1) is 0 Å². The monoisotopic (exact) mass is 239 g/mol. The fourth-order valence-electron chi connectivity index (χ4n) is 2.10. The van der Waals surface area contributed by atoms with Crippen LogP contribution in [0.3, 0.4) is 0 Å². The van der Waals surface area contributed by atoms with Crippen LogP contribution in [-0.4, -0.2) is 28.0 Å². The van der Waals surface area contributed by atoms with Gasteiger partial charge >= 0.3 is 0 Å². The second-order valence-corrected chi connectivity index (χ2v) is 4.81. The lowest BCUT2D eigenvalue weighted by molar-refractivity contribution is -0.0464. The van der Waals surface area contributed by atoms with Crippen molar-refractivity contribution >= 4 is 0 Å². The van der Waals surface area contributed by atoms with Crippen molar-refractivity contribution in [1.29, 1.82) is 0 Å². The predicted octanol–water partition coefficient (Wildman–Crippen LogP) is 1.80. The summed E-state index contributed by atoms with van der Waals surface area (Å²) in [5.41, 5.74) is 8.23. The normalized spacial score (nSPS) is 16.8. The Labute approximate surface area is 104 Å². The summed E-state index contributed by atoms with van der Waals surface area (Å²) >= 11 is 0. The Kier molecular flexibility index (Phi) is 4.71. The van der Waals surface area contributed by atoms with Gasteiger partial charge in [0.1, 0.15) is 0 Å². The Morgan fingerprint density at radius 1 is 1.53 bits per heavy atom. The number of nitrogens with zero attached hydrogens (tertiary/aromatic N) is 2. The van der Waals surface area contributed by atoms with Gasteiger partial charge in [-0.05, 0) is 33.3 Å². The molecule has 0 aliphatic carbocycles. The van der Waals surface area contributed by atoms with E-state index in [2.05, 4.69) is 25.0 Å². The maximum absolute atomic E-state index is 6.29. The molecule has 2 unspecified atom stereocenters. The number of ether oxygens (including phenoxy) is 1. The fraction of sp³-hybridized carbons (Fsp3) is 0.769. The van der Waals surface area contributed by atoms with E-state index in [1.165, 1.54) is 0 Å². The van der Waals surface area contributed by atoms with Crippen LogP contribution in [-0.2, 0) is 18.2 Å². The second kappa shape index (κ2) is 5.65. The van der Waals surface area contributed by atoms with Crippen LogP contribution in [0.4, 0.5) is 0 Å². The van der Waals surface area contributed by atoms with Crippen molar-refractivity contribution in [3.63, 3.8) is 0 Å². The first kappa shape index (κ1) is 14.2. The molecule has 2 N–H and O–H groups in total. The largest absolute Gasteiger partial charge is 0.374 e. The minimum Gasteiger partial charge on any atom is -0.374 e. The molecule has 4 nitrogen and oxygen atoms in total. The molecule has 0 saturated heterocycles. The molecular weight excluding hydrogens is 214 g/mol. The minimum atomic E-state index is -0.257. The third-order valence-corrected chi connectivity index (χ3v) is 3.49. The van der Waals surface area contributed by atoms with Gasteiger partial charge in [0.15, 0.2) is 0 Å². The molecule has 1 aromatic rings. The molecule has 0 spiro atoms. The number of aryl methyl sites for hydroxylation is 2. The van der Waals surface area contributed by atoms with Crippen molar-refractivity contribution in [3.05, 3.63) is 17.5 Å². The third-order valence-electron chi connectivity index (χ3n) is 3.49. The van der Waals surface area contributed by atoms with Gasteiger partial charge in [0.25, 0.3) is 0 Å². The predicted molar refractivity (Wildman–Crippen MR) is 69.9 cm³/mol. The fourth-order valence-corrected chi connectivity index (χ4v) is 2.10. The summed E-state index contributed by atoms with van der Waals surface area (Å²) < 4.78 is 7.70. The molecule has 1 heterocycles. The summed E-state index contributed by atoms with van der Waals surface area (Å²) in [6, 6.07) is 2.07. The summed E-state index contributed by atoms with van der Waals surface area (Å²) in [5.74, 6) is 0. The molecule has 0 aliphatic rings. The molecule has 17 heavy (non-hydrogen) atoms. The molecule has 0 saturated carbocycles. The van der Waals surface area contributed by atoms with Gasteiger partial charge in [0.2, 0.25) is 0 Å². The van der Waals surface area contributed by atoms with Gasteiger partial charge in [-0.2, -0.15) is 5.10 Å². The molecule has 0 aromatic carbocycles. The zero-order valence-corrected chi connectivity index (χ0v) is 11.7. The van der Waals surface area contributed by atoms with Crippen molar-refractivity contribution in [1.82, 2.24) is 9.78 Å². The standard InChI is InChI=1S/C13H25N3O/c1-6-13(4,17-7-2)12(14)9-11-8-10(3)15-16(11)5/h8,12H,6-7,9,14H2,1-5H3. The van der Waals surface area contributed by atoms with Gasteiger partial charge in [-0.1, -0.05) is 6.92 Å². The highest BCUT2D eigenvalue weighted by Crippen LogP contribution is 2.21. The molecule has 0 fully saturated rings. The third kappa shape index (κ3) is 3.30. The molecule has 2 atom stereocenters. The Morgan fingerprint density at radius 3 is 2.59 bits per heavy atom. The highest BCUT2D eigenvalue weighted by Gasteiger charge is 2.31. The van der Waals surface area contributed by atoms with Gasteiger partial charge in [-0.3, -0.25) is 4.68 Å². The van der Waals surface area contributed by atoms with E-state index in [4.69, 9.17) is 10.5 Å². The summed E-state index contributed by atoms with van der Waals surface area (Å²) in [6.45, 7) is 8.91. The van der Waals surface area contributed by atoms with Crippen molar-refractivity contribution in [2.24, 2.45) is 12.8 Å². The summed E-state index contributed by atoms with van der Waals surface area (Å²) in [6.07, 6.45) is 1.71. The average molecular weight is 239 g/mol. The van der Waals surface area contributed by atoms with E-state index in [1.807, 2.05) is 25.6 Å². The van der Waals surface area contributed by atoms with Crippen LogP contribution in [0.25, 0.3) is 0 Å². The van der Waals surface area contributed by atoms with E-state index in [0.717, 1.165) is 24.2 Å². The Hall–Kier alpha value is -0.870. The minimum absolute atomic E-state index is 0.0118. The molecule has 4 heteroatoms. The quantitative estimate of drug-likeness (QED) is 0.823. The lowest BCUT2D eigenvalue weighted by atomic mass is 9.90. The zero-order valence-electron chi connectivity index (χ0n) is 11.7. The molecule has 0 amide bonds. The first-order chi connectivity index (χ1) is 7.92. The van der Waals surface area contributed by atoms with Crippen molar-refractivity contribution in [3.8, 4) is 0 Å². The smallest absolute Gasteiger partial charge is 0.0805 e. The van der Waals surface area contributed by atoms with E-state index < -0.39 is 0 Å². The Morgan fingerprint density at radius 2 is 2.18 bits per heavy atom. The van der Waals surface area contributed by atoms with E-state index in [-0.39, 0.29) is 11.6 Å². The first-order valence-corrected chi connectivity index (χ1v) is 6.32. The summed E-state index contributed by atoms with van der Waals surface area (Å²) in [7, 11) is 1.96. The van der Waals surface area contributed by atoms with Crippen LogP contribution >= 0.6 is 0 Å². The first-order valence-electron chi connectivity index (χ1n) is 6.32. The lowest BCUT2D eigenvalue weighted by Gasteiger charge is -2.34. The number of nitrogens with two attached hydrogens (primary N) is 1. The van der Waals surface area contributed by atoms with Crippen molar-refractivity contribution < 1.29 is 4.74 Å². The molecule has 1 aromatic heterocycles. The van der Waals surface area contributed by atoms with Gasteiger partial charge in [0.05, 0.1) is 11.3 Å². The second-order valence-electron chi connectivity index (χ2n) is 4.81. The summed E-state index contributed by atoms with van der Waals surface area (Å²) in [4.78, 5) is 0. The van der Waals surface area contributed by atoms with E-state index in [0.29, 0.717) is 6.61 Å². The van der Waals surface area contributed by atoms with Gasteiger partial charge in [0, 0.05) is 31.8 Å². The average Bonchev–Trinajstić information content (AvgIpc) is 2.57.